The van der Waals surface area contributed by atoms with Gasteiger partial charge in [0.1, 0.15) is 0 Å². The van der Waals surface area contributed by atoms with Crippen LogP contribution in [0.5, 0.6) is 0 Å². The Morgan fingerprint density at radius 2 is 1.74 bits per heavy atom. The van der Waals surface area contributed by atoms with Crippen molar-refractivity contribution in [2.45, 2.75) is 25.3 Å². The lowest BCUT2D eigenvalue weighted by atomic mass is 10.1. The lowest BCUT2D eigenvalue weighted by molar-refractivity contribution is 0.0997. The zero-order valence-electron chi connectivity index (χ0n) is 20.1. The van der Waals surface area contributed by atoms with Gasteiger partial charge in [-0.1, -0.05) is 35.6 Å². The molecule has 0 unspecified atom stereocenters. The van der Waals surface area contributed by atoms with E-state index in [1.165, 1.54) is 47.0 Å². The Hall–Kier alpha value is -3.27. The predicted octanol–water partition coefficient (Wildman–Crippen LogP) is 4.53. The molecule has 0 saturated carbocycles. The average molecular weight is 510 g/mol. The average Bonchev–Trinajstić information content (AvgIpc) is 3.19. The van der Waals surface area contributed by atoms with Gasteiger partial charge in [0.15, 0.2) is 4.80 Å². The molecule has 0 aliphatic heterocycles. The molecule has 0 spiro atoms. The third-order valence-electron chi connectivity index (χ3n) is 5.71. The van der Waals surface area contributed by atoms with E-state index in [1.54, 1.807) is 31.4 Å². The quantitative estimate of drug-likeness (QED) is 0.367. The molecule has 4 rings (SSSR count). The maximum atomic E-state index is 13.0. The SMILES string of the molecule is COCCn1c(=NC(=O)c2ccc(S(=O)(=O)N(C)c3ccccc3)cc2)sc2c(C)cc(C)cc21. The number of thiazole rings is 1. The molecule has 1 aromatic heterocycles. The fourth-order valence-electron chi connectivity index (χ4n) is 3.85. The van der Waals surface area contributed by atoms with E-state index in [1.807, 2.05) is 24.5 Å². The number of amides is 1. The van der Waals surface area contributed by atoms with Crippen LogP contribution in [0.25, 0.3) is 10.2 Å². The lowest BCUT2D eigenvalue weighted by Crippen LogP contribution is -2.26. The van der Waals surface area contributed by atoms with Gasteiger partial charge in [-0.05, 0) is 67.4 Å². The van der Waals surface area contributed by atoms with Crippen LogP contribution in [0.4, 0.5) is 5.69 Å². The van der Waals surface area contributed by atoms with Crippen molar-refractivity contribution >= 4 is 43.2 Å². The molecule has 0 saturated heterocycles. The number of sulfonamides is 1. The van der Waals surface area contributed by atoms with Crippen molar-refractivity contribution < 1.29 is 17.9 Å². The summed E-state index contributed by atoms with van der Waals surface area (Å²) in [7, 11) is -0.621. The number of nitrogens with zero attached hydrogens (tertiary/aromatic N) is 3. The maximum absolute atomic E-state index is 13.0. The first kappa shape index (κ1) is 24.8. The number of fused-ring (bicyclic) bond motifs is 1. The number of para-hydroxylation sites is 1. The Labute approximate surface area is 209 Å². The Morgan fingerprint density at radius 1 is 1.06 bits per heavy atom. The first-order valence-electron chi connectivity index (χ1n) is 11.0. The summed E-state index contributed by atoms with van der Waals surface area (Å²) in [6.07, 6.45) is 0. The van der Waals surface area contributed by atoms with Crippen LogP contribution in [0, 0.1) is 13.8 Å². The van der Waals surface area contributed by atoms with E-state index < -0.39 is 15.9 Å². The van der Waals surface area contributed by atoms with Crippen LogP contribution in [-0.4, -0.2) is 39.7 Å². The Bertz CT molecular complexity index is 1540. The molecule has 0 N–H and O–H groups in total. The topological polar surface area (TPSA) is 81.0 Å². The van der Waals surface area contributed by atoms with Gasteiger partial charge in [0.25, 0.3) is 15.9 Å². The molecule has 4 aromatic rings. The third kappa shape index (κ3) is 5.07. The third-order valence-corrected chi connectivity index (χ3v) is 8.74. The van der Waals surface area contributed by atoms with Gasteiger partial charge in [0.2, 0.25) is 0 Å². The number of rotatable bonds is 7. The summed E-state index contributed by atoms with van der Waals surface area (Å²) in [6.45, 7) is 5.14. The summed E-state index contributed by atoms with van der Waals surface area (Å²) in [5.41, 5.74) is 4.14. The molecule has 3 aromatic carbocycles. The smallest absolute Gasteiger partial charge is 0.279 e. The van der Waals surface area contributed by atoms with E-state index >= 15 is 0 Å². The number of aromatic nitrogens is 1. The molecular weight excluding hydrogens is 482 g/mol. The van der Waals surface area contributed by atoms with E-state index in [0.717, 1.165) is 21.3 Å². The molecule has 0 radical (unpaired) electrons. The van der Waals surface area contributed by atoms with Gasteiger partial charge in [-0.15, -0.1) is 0 Å². The van der Waals surface area contributed by atoms with Gasteiger partial charge in [0, 0.05) is 26.3 Å². The van der Waals surface area contributed by atoms with E-state index in [4.69, 9.17) is 4.74 Å². The van der Waals surface area contributed by atoms with Crippen molar-refractivity contribution in [1.82, 2.24) is 4.57 Å². The molecule has 9 heteroatoms. The molecule has 35 heavy (non-hydrogen) atoms. The van der Waals surface area contributed by atoms with Gasteiger partial charge in [-0.25, -0.2) is 8.42 Å². The zero-order valence-corrected chi connectivity index (χ0v) is 21.7. The van der Waals surface area contributed by atoms with Crippen LogP contribution in [0.1, 0.15) is 21.5 Å². The summed E-state index contributed by atoms with van der Waals surface area (Å²) >= 11 is 1.46. The fourth-order valence-corrected chi connectivity index (χ4v) is 6.15. The van der Waals surface area contributed by atoms with Gasteiger partial charge in [-0.3, -0.25) is 9.10 Å². The minimum absolute atomic E-state index is 0.100. The standard InChI is InChI=1S/C26H27N3O4S2/c1-18-16-19(2)24-23(17-18)29(14-15-33-4)26(34-24)27-25(30)20-10-12-22(13-11-20)35(31,32)28(3)21-8-6-5-7-9-21/h5-13,16-17H,14-15H2,1-4H3. The van der Waals surface area contributed by atoms with Gasteiger partial charge in [0.05, 0.1) is 27.4 Å². The Balaban J connectivity index is 1.68. The van der Waals surface area contributed by atoms with Crippen molar-refractivity contribution in [1.29, 1.82) is 0 Å². The minimum Gasteiger partial charge on any atom is -0.383 e. The predicted molar refractivity (Wildman–Crippen MR) is 140 cm³/mol. The number of carbonyl (C=O) groups excluding carboxylic acids is 1. The summed E-state index contributed by atoms with van der Waals surface area (Å²) < 4.78 is 35.6. The largest absolute Gasteiger partial charge is 0.383 e. The Kier molecular flexibility index (Phi) is 7.20. The summed E-state index contributed by atoms with van der Waals surface area (Å²) in [5.74, 6) is -0.433. The van der Waals surface area contributed by atoms with E-state index in [-0.39, 0.29) is 4.90 Å². The van der Waals surface area contributed by atoms with Crippen LogP contribution < -0.4 is 9.11 Å². The molecule has 1 amide bonds. The number of hydrogen-bond donors (Lipinski definition) is 0. The van der Waals surface area contributed by atoms with Crippen molar-refractivity contribution in [2.24, 2.45) is 4.99 Å². The highest BCUT2D eigenvalue weighted by Crippen LogP contribution is 2.24. The fraction of sp³-hybridized carbons (Fsp3) is 0.231. The first-order chi connectivity index (χ1) is 16.7. The number of carbonyl (C=O) groups is 1. The molecule has 0 bridgehead atoms. The van der Waals surface area contributed by atoms with Crippen LogP contribution in [0.2, 0.25) is 0 Å². The van der Waals surface area contributed by atoms with Crippen LogP contribution in [0.15, 0.2) is 76.6 Å². The molecule has 1 heterocycles. The summed E-state index contributed by atoms with van der Waals surface area (Å²) in [4.78, 5) is 18.1. The van der Waals surface area contributed by atoms with E-state index in [9.17, 15) is 13.2 Å². The molecule has 0 fully saturated rings. The number of ether oxygens (including phenoxy) is 1. The van der Waals surface area contributed by atoms with Crippen LogP contribution in [-0.2, 0) is 21.3 Å². The second kappa shape index (κ2) is 10.2. The van der Waals surface area contributed by atoms with Crippen LogP contribution in [0.3, 0.4) is 0 Å². The van der Waals surface area contributed by atoms with E-state index in [2.05, 4.69) is 17.1 Å². The van der Waals surface area contributed by atoms with Crippen LogP contribution >= 0.6 is 11.3 Å². The first-order valence-corrected chi connectivity index (χ1v) is 13.3. The molecule has 7 nitrogen and oxygen atoms in total. The minimum atomic E-state index is -3.76. The van der Waals surface area contributed by atoms with Gasteiger partial charge in [-0.2, -0.15) is 4.99 Å². The normalized spacial score (nSPS) is 12.3. The molecular formula is C26H27N3O4S2. The number of aryl methyl sites for hydroxylation is 2. The lowest BCUT2D eigenvalue weighted by Gasteiger charge is -2.19. The zero-order chi connectivity index (χ0) is 25.2. The number of anilines is 1. The molecule has 0 atom stereocenters. The van der Waals surface area contributed by atoms with Crippen molar-refractivity contribution in [3.63, 3.8) is 0 Å². The second-order valence-electron chi connectivity index (χ2n) is 8.21. The highest BCUT2D eigenvalue weighted by atomic mass is 32.2. The maximum Gasteiger partial charge on any atom is 0.279 e. The van der Waals surface area contributed by atoms with Crippen molar-refractivity contribution in [2.75, 3.05) is 25.1 Å². The van der Waals surface area contributed by atoms with Gasteiger partial charge >= 0.3 is 0 Å². The summed E-state index contributed by atoms with van der Waals surface area (Å²) in [5, 5.41) is 0. The molecule has 0 aliphatic rings. The second-order valence-corrected chi connectivity index (χ2v) is 11.2. The number of hydrogen-bond acceptors (Lipinski definition) is 5. The number of methoxy groups -OCH3 is 1. The highest BCUT2D eigenvalue weighted by molar-refractivity contribution is 7.92. The molecule has 0 aliphatic carbocycles. The van der Waals surface area contributed by atoms with Crippen molar-refractivity contribution in [3.05, 3.63) is 88.2 Å². The number of benzene rings is 3. The monoisotopic (exact) mass is 509 g/mol. The van der Waals surface area contributed by atoms with Crippen molar-refractivity contribution in [3.8, 4) is 0 Å². The highest BCUT2D eigenvalue weighted by Gasteiger charge is 2.21. The molecule has 182 valence electrons. The Morgan fingerprint density at radius 3 is 2.40 bits per heavy atom. The van der Waals surface area contributed by atoms with E-state index in [0.29, 0.717) is 29.2 Å². The van der Waals surface area contributed by atoms with Gasteiger partial charge < -0.3 is 9.30 Å². The summed E-state index contributed by atoms with van der Waals surface area (Å²) in [6, 6.07) is 18.9.